The molecule has 1 heterocycles. The Morgan fingerprint density at radius 1 is 1.38 bits per heavy atom. The van der Waals surface area contributed by atoms with Crippen molar-refractivity contribution < 1.29 is 30.6 Å². The van der Waals surface area contributed by atoms with Crippen molar-refractivity contribution in [2.75, 3.05) is 51.8 Å². The molecular formula is C10H20N2O2PW-. The Kier molecular flexibility index (Phi) is 9.83. The quantitative estimate of drug-likeness (QED) is 0.504. The molecule has 1 rings (SSSR count). The van der Waals surface area contributed by atoms with Gasteiger partial charge in [-0.1, -0.05) is 0 Å². The van der Waals surface area contributed by atoms with Gasteiger partial charge in [0, 0.05) is 40.8 Å². The molecule has 1 saturated heterocycles. The molecule has 0 spiro atoms. The SMILES string of the molecule is CP1CCN(C(=O)CCOCC[NH-])CC1.[W]. The molecule has 0 aliphatic carbocycles. The zero-order chi connectivity index (χ0) is 11.1. The van der Waals surface area contributed by atoms with Crippen LogP contribution in [-0.2, 0) is 30.6 Å². The molecule has 0 radical (unpaired) electrons. The molecule has 0 aromatic heterocycles. The Hall–Kier alpha value is 0.508. The third-order valence-electron chi connectivity index (χ3n) is 2.56. The first kappa shape index (κ1) is 16.5. The monoisotopic (exact) mass is 415 g/mol. The van der Waals surface area contributed by atoms with E-state index in [1.165, 1.54) is 12.3 Å². The third-order valence-corrected chi connectivity index (χ3v) is 4.49. The summed E-state index contributed by atoms with van der Waals surface area (Å²) in [5, 5.41) is 0. The van der Waals surface area contributed by atoms with Crippen molar-refractivity contribution in [3.63, 3.8) is 0 Å². The van der Waals surface area contributed by atoms with Crippen LogP contribution in [0.4, 0.5) is 0 Å². The normalized spacial score (nSPS) is 17.0. The van der Waals surface area contributed by atoms with Crippen LogP contribution in [0.5, 0.6) is 0 Å². The standard InChI is InChI=1S/C10H20N2O2P.W/c1-15-8-4-12(5-9-15)10(13)2-6-14-7-3-11;/h11H,2-9H2,1H3;/q-1;. The van der Waals surface area contributed by atoms with Crippen LogP contribution in [0.25, 0.3) is 5.73 Å². The molecule has 16 heavy (non-hydrogen) atoms. The summed E-state index contributed by atoms with van der Waals surface area (Å²) < 4.78 is 5.13. The maximum atomic E-state index is 11.7. The fourth-order valence-corrected chi connectivity index (χ4v) is 2.94. The zero-order valence-electron chi connectivity index (χ0n) is 9.78. The average molecular weight is 415 g/mol. The van der Waals surface area contributed by atoms with Crippen molar-refractivity contribution in [2.24, 2.45) is 0 Å². The number of carbonyl (C=O) groups is 1. The molecule has 0 aromatic carbocycles. The Morgan fingerprint density at radius 3 is 2.56 bits per heavy atom. The number of carbonyl (C=O) groups excluding carboxylic acids is 1. The minimum absolute atomic E-state index is 0. The molecule has 94 valence electrons. The predicted molar refractivity (Wildman–Crippen MR) is 63.8 cm³/mol. The maximum absolute atomic E-state index is 11.7. The van der Waals surface area contributed by atoms with E-state index in [2.05, 4.69) is 6.66 Å². The smallest absolute Gasteiger partial charge is 0.224 e. The summed E-state index contributed by atoms with van der Waals surface area (Å²) in [7, 11) is 0.188. The molecule has 1 aliphatic heterocycles. The summed E-state index contributed by atoms with van der Waals surface area (Å²) in [4.78, 5) is 13.6. The maximum Gasteiger partial charge on any atom is 0.224 e. The number of nitrogens with zero attached hydrogens (tertiary/aromatic N) is 1. The van der Waals surface area contributed by atoms with Crippen LogP contribution >= 0.6 is 7.92 Å². The second-order valence-electron chi connectivity index (χ2n) is 3.80. The molecule has 1 aliphatic rings. The van der Waals surface area contributed by atoms with E-state index < -0.39 is 0 Å². The number of ether oxygens (including phenoxy) is 1. The Balaban J connectivity index is 0.00000225. The van der Waals surface area contributed by atoms with E-state index in [4.69, 9.17) is 10.5 Å². The summed E-state index contributed by atoms with van der Waals surface area (Å²) in [5.41, 5.74) is 6.89. The van der Waals surface area contributed by atoms with Crippen molar-refractivity contribution in [3.8, 4) is 0 Å². The first-order valence-electron chi connectivity index (χ1n) is 5.42. The molecule has 0 aromatic rings. The first-order valence-corrected chi connectivity index (χ1v) is 7.58. The van der Waals surface area contributed by atoms with Crippen LogP contribution < -0.4 is 0 Å². The van der Waals surface area contributed by atoms with E-state index in [0.29, 0.717) is 19.6 Å². The summed E-state index contributed by atoms with van der Waals surface area (Å²) in [6, 6.07) is 0. The molecule has 1 N–H and O–H groups in total. The van der Waals surface area contributed by atoms with Crippen LogP contribution in [-0.4, -0.2) is 62.6 Å². The second-order valence-corrected chi connectivity index (χ2v) is 6.40. The van der Waals surface area contributed by atoms with Crippen molar-refractivity contribution >= 4 is 13.8 Å². The summed E-state index contributed by atoms with van der Waals surface area (Å²) >= 11 is 0. The predicted octanol–water partition coefficient (Wildman–Crippen LogP) is 1.40. The zero-order valence-corrected chi connectivity index (χ0v) is 13.6. The van der Waals surface area contributed by atoms with Gasteiger partial charge in [0.1, 0.15) is 0 Å². The number of amides is 1. The van der Waals surface area contributed by atoms with Gasteiger partial charge in [-0.25, -0.2) is 0 Å². The minimum atomic E-state index is 0. The largest absolute Gasteiger partial charge is 0.676 e. The molecule has 0 atom stereocenters. The Morgan fingerprint density at radius 2 is 2.00 bits per heavy atom. The number of hydrogen-bond donors (Lipinski definition) is 0. The third kappa shape index (κ3) is 6.29. The molecule has 4 nitrogen and oxygen atoms in total. The van der Waals surface area contributed by atoms with Crippen molar-refractivity contribution in [1.29, 1.82) is 0 Å². The summed E-state index contributed by atoms with van der Waals surface area (Å²) in [6.07, 6.45) is 2.85. The van der Waals surface area contributed by atoms with E-state index in [1.807, 2.05) is 4.90 Å². The second kappa shape index (κ2) is 9.53. The topological polar surface area (TPSA) is 53.3 Å². The van der Waals surface area contributed by atoms with Gasteiger partial charge in [0.2, 0.25) is 5.91 Å². The van der Waals surface area contributed by atoms with Gasteiger partial charge in [-0.2, -0.15) is 0 Å². The van der Waals surface area contributed by atoms with Gasteiger partial charge in [0.15, 0.2) is 0 Å². The van der Waals surface area contributed by atoms with Gasteiger partial charge >= 0.3 is 0 Å². The Bertz CT molecular complexity index is 199. The van der Waals surface area contributed by atoms with E-state index in [-0.39, 0.29) is 41.4 Å². The average Bonchev–Trinajstić information content (AvgIpc) is 2.25. The van der Waals surface area contributed by atoms with Crippen LogP contribution in [0.3, 0.4) is 0 Å². The molecule has 0 bridgehead atoms. The van der Waals surface area contributed by atoms with Crippen molar-refractivity contribution in [1.82, 2.24) is 4.90 Å². The van der Waals surface area contributed by atoms with Gasteiger partial charge in [0.05, 0.1) is 13.0 Å². The van der Waals surface area contributed by atoms with Crippen molar-refractivity contribution in [3.05, 3.63) is 5.73 Å². The summed E-state index contributed by atoms with van der Waals surface area (Å²) in [5.74, 6) is 0.211. The van der Waals surface area contributed by atoms with E-state index in [9.17, 15) is 4.79 Å². The van der Waals surface area contributed by atoms with Gasteiger partial charge < -0.3 is 15.4 Å². The number of hydrogen-bond acceptors (Lipinski definition) is 2. The molecule has 0 unspecified atom stereocenters. The van der Waals surface area contributed by atoms with Crippen molar-refractivity contribution in [2.45, 2.75) is 6.42 Å². The van der Waals surface area contributed by atoms with Gasteiger partial charge in [0.25, 0.3) is 0 Å². The Labute approximate surface area is 113 Å². The fraction of sp³-hybridized carbons (Fsp3) is 0.900. The van der Waals surface area contributed by atoms with E-state index in [0.717, 1.165) is 13.1 Å². The molecule has 1 fully saturated rings. The van der Waals surface area contributed by atoms with Crippen LogP contribution in [0.2, 0.25) is 0 Å². The van der Waals surface area contributed by atoms with E-state index in [1.54, 1.807) is 0 Å². The number of nitrogens with one attached hydrogen (secondary N) is 1. The van der Waals surface area contributed by atoms with E-state index >= 15 is 0 Å². The molecule has 0 saturated carbocycles. The molecular weight excluding hydrogens is 395 g/mol. The van der Waals surface area contributed by atoms with Crippen LogP contribution in [0.1, 0.15) is 6.42 Å². The minimum Gasteiger partial charge on any atom is -0.676 e. The first-order chi connectivity index (χ1) is 7.24. The summed E-state index contributed by atoms with van der Waals surface area (Å²) in [6.45, 7) is 5.34. The van der Waals surface area contributed by atoms with Gasteiger partial charge in [-0.15, -0.1) is 14.5 Å². The van der Waals surface area contributed by atoms with Crippen LogP contribution in [0, 0.1) is 0 Å². The fourth-order valence-electron chi connectivity index (χ4n) is 1.55. The molecule has 1 amide bonds. The van der Waals surface area contributed by atoms with Gasteiger partial charge in [-0.3, -0.25) is 4.79 Å². The number of rotatable bonds is 5. The van der Waals surface area contributed by atoms with Crippen LogP contribution in [0.15, 0.2) is 0 Å². The molecule has 6 heteroatoms. The van der Waals surface area contributed by atoms with Gasteiger partial charge in [-0.05, 0) is 19.0 Å².